The minimum atomic E-state index is 0.502. The highest BCUT2D eigenvalue weighted by Crippen LogP contribution is 2.19. The van der Waals surface area contributed by atoms with Crippen LogP contribution in [0.15, 0.2) is 24.3 Å². The SMILES string of the molecule is CC(C)C(C)Nc1cccc(N(C)C)c1. The molecule has 1 aromatic carbocycles. The lowest BCUT2D eigenvalue weighted by atomic mass is 10.1. The Hall–Kier alpha value is -1.18. The molecule has 0 aromatic heterocycles. The summed E-state index contributed by atoms with van der Waals surface area (Å²) in [5, 5.41) is 3.51. The Morgan fingerprint density at radius 3 is 2.33 bits per heavy atom. The van der Waals surface area contributed by atoms with Crippen molar-refractivity contribution in [3.63, 3.8) is 0 Å². The Morgan fingerprint density at radius 1 is 1.13 bits per heavy atom. The van der Waals surface area contributed by atoms with E-state index in [1.165, 1.54) is 11.4 Å². The molecule has 2 nitrogen and oxygen atoms in total. The van der Waals surface area contributed by atoms with Crippen molar-refractivity contribution in [1.82, 2.24) is 0 Å². The van der Waals surface area contributed by atoms with Crippen LogP contribution in [0.2, 0.25) is 0 Å². The molecular formula is C13H22N2. The molecule has 2 heteroatoms. The Kier molecular flexibility index (Phi) is 4.01. The van der Waals surface area contributed by atoms with Gasteiger partial charge in [-0.2, -0.15) is 0 Å². The van der Waals surface area contributed by atoms with Gasteiger partial charge < -0.3 is 10.2 Å². The molecular weight excluding hydrogens is 184 g/mol. The predicted octanol–water partition coefficient (Wildman–Crippen LogP) is 3.21. The van der Waals surface area contributed by atoms with E-state index in [4.69, 9.17) is 0 Å². The van der Waals surface area contributed by atoms with E-state index >= 15 is 0 Å². The average molecular weight is 206 g/mol. The molecule has 0 aliphatic heterocycles. The molecule has 0 fully saturated rings. The van der Waals surface area contributed by atoms with Gasteiger partial charge in [0.25, 0.3) is 0 Å². The van der Waals surface area contributed by atoms with Crippen LogP contribution in [0, 0.1) is 5.92 Å². The maximum Gasteiger partial charge on any atom is 0.0381 e. The maximum atomic E-state index is 3.51. The standard InChI is InChI=1S/C13H22N2/c1-10(2)11(3)14-12-7-6-8-13(9-12)15(4)5/h6-11,14H,1-5H3. The lowest BCUT2D eigenvalue weighted by Gasteiger charge is -2.20. The first-order valence-corrected chi connectivity index (χ1v) is 5.54. The van der Waals surface area contributed by atoms with Gasteiger partial charge in [0.15, 0.2) is 0 Å². The van der Waals surface area contributed by atoms with Crippen molar-refractivity contribution in [2.45, 2.75) is 26.8 Å². The molecule has 0 amide bonds. The van der Waals surface area contributed by atoms with Gasteiger partial charge >= 0.3 is 0 Å². The molecule has 0 heterocycles. The smallest absolute Gasteiger partial charge is 0.0381 e. The Labute approximate surface area is 93.3 Å². The van der Waals surface area contributed by atoms with Crippen LogP contribution in [0.25, 0.3) is 0 Å². The van der Waals surface area contributed by atoms with Gasteiger partial charge in [0.2, 0.25) is 0 Å². The van der Waals surface area contributed by atoms with Gasteiger partial charge in [0, 0.05) is 31.5 Å². The van der Waals surface area contributed by atoms with E-state index in [0.717, 1.165) is 0 Å². The highest BCUT2D eigenvalue weighted by Gasteiger charge is 2.06. The van der Waals surface area contributed by atoms with Gasteiger partial charge in [0.1, 0.15) is 0 Å². The van der Waals surface area contributed by atoms with E-state index in [2.05, 4.69) is 69.3 Å². The van der Waals surface area contributed by atoms with Crippen LogP contribution < -0.4 is 10.2 Å². The second-order valence-corrected chi connectivity index (χ2v) is 4.62. The van der Waals surface area contributed by atoms with Gasteiger partial charge in [-0.05, 0) is 31.0 Å². The topological polar surface area (TPSA) is 15.3 Å². The Bertz CT molecular complexity index is 305. The minimum Gasteiger partial charge on any atom is -0.382 e. The van der Waals surface area contributed by atoms with Crippen LogP contribution >= 0.6 is 0 Å². The summed E-state index contributed by atoms with van der Waals surface area (Å²) in [4.78, 5) is 2.12. The van der Waals surface area contributed by atoms with Crippen molar-refractivity contribution in [2.75, 3.05) is 24.3 Å². The van der Waals surface area contributed by atoms with E-state index in [1.807, 2.05) is 0 Å². The highest BCUT2D eigenvalue weighted by atomic mass is 15.1. The molecule has 0 radical (unpaired) electrons. The summed E-state index contributed by atoms with van der Waals surface area (Å²) in [5.41, 5.74) is 2.43. The van der Waals surface area contributed by atoms with Crippen molar-refractivity contribution < 1.29 is 0 Å². The number of nitrogens with one attached hydrogen (secondary N) is 1. The number of hydrogen-bond acceptors (Lipinski definition) is 2. The van der Waals surface area contributed by atoms with Gasteiger partial charge in [-0.15, -0.1) is 0 Å². The lowest BCUT2D eigenvalue weighted by molar-refractivity contribution is 0.560. The summed E-state index contributed by atoms with van der Waals surface area (Å²) in [6, 6.07) is 9.00. The summed E-state index contributed by atoms with van der Waals surface area (Å²) >= 11 is 0. The fraction of sp³-hybridized carbons (Fsp3) is 0.538. The molecule has 0 saturated carbocycles. The summed E-state index contributed by atoms with van der Waals surface area (Å²) in [6.07, 6.45) is 0. The van der Waals surface area contributed by atoms with Crippen LogP contribution in [0.5, 0.6) is 0 Å². The average Bonchev–Trinajstić information content (AvgIpc) is 2.18. The fourth-order valence-electron chi connectivity index (χ4n) is 1.30. The normalized spacial score (nSPS) is 12.7. The van der Waals surface area contributed by atoms with Crippen molar-refractivity contribution in [2.24, 2.45) is 5.92 Å². The van der Waals surface area contributed by atoms with E-state index in [-0.39, 0.29) is 0 Å². The molecule has 0 spiro atoms. The summed E-state index contributed by atoms with van der Waals surface area (Å²) in [6.45, 7) is 6.67. The molecule has 0 saturated heterocycles. The van der Waals surface area contributed by atoms with Gasteiger partial charge in [-0.25, -0.2) is 0 Å². The van der Waals surface area contributed by atoms with E-state index < -0.39 is 0 Å². The molecule has 1 atom stereocenters. The second kappa shape index (κ2) is 5.06. The second-order valence-electron chi connectivity index (χ2n) is 4.62. The van der Waals surface area contributed by atoms with Crippen molar-refractivity contribution in [1.29, 1.82) is 0 Å². The van der Waals surface area contributed by atoms with Crippen molar-refractivity contribution >= 4 is 11.4 Å². The molecule has 15 heavy (non-hydrogen) atoms. The number of hydrogen-bond donors (Lipinski definition) is 1. The van der Waals surface area contributed by atoms with Crippen LogP contribution in [-0.2, 0) is 0 Å². The maximum absolute atomic E-state index is 3.51. The zero-order valence-electron chi connectivity index (χ0n) is 10.4. The van der Waals surface area contributed by atoms with E-state index in [9.17, 15) is 0 Å². The van der Waals surface area contributed by atoms with Gasteiger partial charge in [-0.3, -0.25) is 0 Å². The first kappa shape index (κ1) is 11.9. The molecule has 1 unspecified atom stereocenters. The van der Waals surface area contributed by atoms with Crippen LogP contribution in [-0.4, -0.2) is 20.1 Å². The molecule has 0 aliphatic rings. The first-order chi connectivity index (χ1) is 7.00. The minimum absolute atomic E-state index is 0.502. The third-order valence-electron chi connectivity index (χ3n) is 2.76. The Balaban J connectivity index is 2.73. The largest absolute Gasteiger partial charge is 0.382 e. The summed E-state index contributed by atoms with van der Waals surface area (Å²) in [5.74, 6) is 0.646. The summed E-state index contributed by atoms with van der Waals surface area (Å²) in [7, 11) is 4.12. The predicted molar refractivity (Wildman–Crippen MR) is 68.7 cm³/mol. The number of rotatable bonds is 4. The zero-order chi connectivity index (χ0) is 11.4. The number of benzene rings is 1. The zero-order valence-corrected chi connectivity index (χ0v) is 10.4. The lowest BCUT2D eigenvalue weighted by Crippen LogP contribution is -2.21. The van der Waals surface area contributed by atoms with Crippen LogP contribution in [0.1, 0.15) is 20.8 Å². The molecule has 1 rings (SSSR count). The third kappa shape index (κ3) is 3.46. The molecule has 84 valence electrons. The number of anilines is 2. The van der Waals surface area contributed by atoms with Crippen molar-refractivity contribution in [3.05, 3.63) is 24.3 Å². The molecule has 1 N–H and O–H groups in total. The van der Waals surface area contributed by atoms with Gasteiger partial charge in [-0.1, -0.05) is 19.9 Å². The van der Waals surface area contributed by atoms with E-state index in [0.29, 0.717) is 12.0 Å². The molecule has 0 bridgehead atoms. The van der Waals surface area contributed by atoms with Crippen molar-refractivity contribution in [3.8, 4) is 0 Å². The van der Waals surface area contributed by atoms with E-state index in [1.54, 1.807) is 0 Å². The highest BCUT2D eigenvalue weighted by molar-refractivity contribution is 5.57. The van der Waals surface area contributed by atoms with Crippen LogP contribution in [0.3, 0.4) is 0 Å². The first-order valence-electron chi connectivity index (χ1n) is 5.54. The molecule has 1 aromatic rings. The third-order valence-corrected chi connectivity index (χ3v) is 2.76. The quantitative estimate of drug-likeness (QED) is 0.813. The van der Waals surface area contributed by atoms with Gasteiger partial charge in [0.05, 0.1) is 0 Å². The fourth-order valence-corrected chi connectivity index (χ4v) is 1.30. The summed E-state index contributed by atoms with van der Waals surface area (Å²) < 4.78 is 0. The molecule has 0 aliphatic carbocycles. The monoisotopic (exact) mass is 206 g/mol. The number of nitrogens with zero attached hydrogens (tertiary/aromatic N) is 1. The Morgan fingerprint density at radius 2 is 1.80 bits per heavy atom. The van der Waals surface area contributed by atoms with Crippen LogP contribution in [0.4, 0.5) is 11.4 Å².